The van der Waals surface area contributed by atoms with Crippen LogP contribution in [0.2, 0.25) is 0 Å². The first-order valence-corrected chi connectivity index (χ1v) is 8.80. The van der Waals surface area contributed by atoms with Crippen molar-refractivity contribution in [3.63, 3.8) is 0 Å². The van der Waals surface area contributed by atoms with Gasteiger partial charge >= 0.3 is 0 Å². The molecule has 2 atom stereocenters. The second kappa shape index (κ2) is 4.83. The summed E-state index contributed by atoms with van der Waals surface area (Å²) >= 11 is 1.37. The highest BCUT2D eigenvalue weighted by Gasteiger charge is 2.54. The van der Waals surface area contributed by atoms with E-state index in [-0.39, 0.29) is 5.60 Å². The number of ether oxygens (including phenoxy) is 1. The molecule has 0 aromatic carbocycles. The average molecular weight is 335 g/mol. The Morgan fingerprint density at radius 2 is 2.09 bits per heavy atom. The molecule has 2 aromatic heterocycles. The minimum Gasteiger partial charge on any atom is -0.335 e. The standard InChI is InChI=1S/C15H18FN5OS/c16-11-2-1-10-12(19-11)23-14(18-10)21-8-15(22-13(21)17)7-20-5-3-9(15)4-6-20/h1-2,9,13H,3-8,17H2. The lowest BCUT2D eigenvalue weighted by Gasteiger charge is -2.50. The summed E-state index contributed by atoms with van der Waals surface area (Å²) in [7, 11) is 0. The van der Waals surface area contributed by atoms with Gasteiger partial charge in [0.05, 0.1) is 6.54 Å². The lowest BCUT2D eigenvalue weighted by atomic mass is 9.75. The summed E-state index contributed by atoms with van der Waals surface area (Å²) in [5, 5.41) is 0.763. The molecule has 8 heteroatoms. The maximum Gasteiger partial charge on any atom is 0.214 e. The van der Waals surface area contributed by atoms with E-state index in [1.165, 1.54) is 30.2 Å². The van der Waals surface area contributed by atoms with Gasteiger partial charge in [-0.15, -0.1) is 0 Å². The SMILES string of the molecule is NC1OC2(CN3CCC2CC3)CN1c1nc2ccc(F)nc2s1. The number of halogens is 1. The van der Waals surface area contributed by atoms with E-state index in [0.717, 1.165) is 31.3 Å². The molecule has 0 radical (unpaired) electrons. The second-order valence-electron chi connectivity index (χ2n) is 6.71. The molecule has 2 N–H and O–H groups in total. The van der Waals surface area contributed by atoms with Crippen LogP contribution in [0, 0.1) is 11.9 Å². The van der Waals surface area contributed by atoms with Crippen molar-refractivity contribution in [2.75, 3.05) is 31.1 Å². The van der Waals surface area contributed by atoms with E-state index in [1.807, 2.05) is 4.90 Å². The number of nitrogens with two attached hydrogens (primary N) is 1. The Morgan fingerprint density at radius 1 is 1.26 bits per heavy atom. The largest absolute Gasteiger partial charge is 0.335 e. The van der Waals surface area contributed by atoms with Gasteiger partial charge in [-0.05, 0) is 44.0 Å². The van der Waals surface area contributed by atoms with E-state index in [0.29, 0.717) is 16.3 Å². The molecular weight excluding hydrogens is 317 g/mol. The van der Waals surface area contributed by atoms with Crippen LogP contribution in [0.5, 0.6) is 0 Å². The van der Waals surface area contributed by atoms with Gasteiger partial charge in [0.2, 0.25) is 5.95 Å². The molecule has 1 spiro atoms. The van der Waals surface area contributed by atoms with Gasteiger partial charge in [0, 0.05) is 6.54 Å². The Hall–Kier alpha value is -1.35. The molecule has 23 heavy (non-hydrogen) atoms. The van der Waals surface area contributed by atoms with Crippen molar-refractivity contribution < 1.29 is 9.13 Å². The molecule has 6 rings (SSSR count). The van der Waals surface area contributed by atoms with Crippen molar-refractivity contribution >= 4 is 26.8 Å². The van der Waals surface area contributed by atoms with Gasteiger partial charge in [-0.3, -0.25) is 5.73 Å². The number of piperidine rings is 3. The van der Waals surface area contributed by atoms with Gasteiger partial charge < -0.3 is 14.5 Å². The van der Waals surface area contributed by atoms with Crippen molar-refractivity contribution in [1.82, 2.24) is 14.9 Å². The zero-order valence-electron chi connectivity index (χ0n) is 12.6. The lowest BCUT2D eigenvalue weighted by Crippen LogP contribution is -2.61. The minimum absolute atomic E-state index is 0.188. The number of anilines is 1. The van der Waals surface area contributed by atoms with Crippen LogP contribution in [0.3, 0.4) is 0 Å². The lowest BCUT2D eigenvalue weighted by molar-refractivity contribution is -0.137. The first kappa shape index (κ1) is 14.0. The van der Waals surface area contributed by atoms with E-state index in [9.17, 15) is 4.39 Å². The molecule has 4 aliphatic rings. The quantitative estimate of drug-likeness (QED) is 0.794. The topological polar surface area (TPSA) is 67.5 Å². The highest BCUT2D eigenvalue weighted by Crippen LogP contribution is 2.44. The van der Waals surface area contributed by atoms with Crippen LogP contribution in [0.25, 0.3) is 10.3 Å². The molecule has 6 nitrogen and oxygen atoms in total. The molecule has 4 fully saturated rings. The molecule has 2 unspecified atom stereocenters. The Bertz CT molecular complexity index is 761. The Labute approximate surface area is 137 Å². The summed E-state index contributed by atoms with van der Waals surface area (Å²) in [4.78, 5) is 13.5. The first-order chi connectivity index (χ1) is 11.1. The van der Waals surface area contributed by atoms with Crippen molar-refractivity contribution in [3.8, 4) is 0 Å². The van der Waals surface area contributed by atoms with Crippen molar-refractivity contribution in [2.24, 2.45) is 11.7 Å². The van der Waals surface area contributed by atoms with Crippen LogP contribution < -0.4 is 10.6 Å². The van der Waals surface area contributed by atoms with E-state index in [2.05, 4.69) is 14.9 Å². The van der Waals surface area contributed by atoms with E-state index >= 15 is 0 Å². The van der Waals surface area contributed by atoms with Gasteiger partial charge in [-0.1, -0.05) is 11.3 Å². The van der Waals surface area contributed by atoms with Gasteiger partial charge in [0.25, 0.3) is 0 Å². The fraction of sp³-hybridized carbons (Fsp3) is 0.600. The van der Waals surface area contributed by atoms with Crippen LogP contribution >= 0.6 is 11.3 Å². The van der Waals surface area contributed by atoms with E-state index in [1.54, 1.807) is 6.07 Å². The molecule has 4 saturated heterocycles. The summed E-state index contributed by atoms with van der Waals surface area (Å²) in [6.45, 7) is 4.02. The fourth-order valence-electron chi connectivity index (χ4n) is 4.24. The number of fused-ring (bicyclic) bond motifs is 3. The highest BCUT2D eigenvalue weighted by molar-refractivity contribution is 7.21. The minimum atomic E-state index is -0.499. The third-order valence-electron chi connectivity index (χ3n) is 5.38. The smallest absolute Gasteiger partial charge is 0.214 e. The van der Waals surface area contributed by atoms with Crippen molar-refractivity contribution in [2.45, 2.75) is 24.8 Å². The molecular formula is C15H18FN5OS. The normalized spacial score (nSPS) is 36.4. The molecule has 2 aromatic rings. The van der Waals surface area contributed by atoms with Gasteiger partial charge in [0.1, 0.15) is 15.9 Å². The van der Waals surface area contributed by atoms with Crippen molar-refractivity contribution in [1.29, 1.82) is 0 Å². The van der Waals surface area contributed by atoms with Crippen LogP contribution in [-0.4, -0.2) is 53.0 Å². The molecule has 0 saturated carbocycles. The number of aromatic nitrogens is 2. The van der Waals surface area contributed by atoms with Crippen molar-refractivity contribution in [3.05, 3.63) is 18.1 Å². The molecule has 4 aliphatic heterocycles. The average Bonchev–Trinajstić information content (AvgIpc) is 3.09. The second-order valence-corrected chi connectivity index (χ2v) is 7.66. The summed E-state index contributed by atoms with van der Waals surface area (Å²) < 4.78 is 19.5. The van der Waals surface area contributed by atoms with Crippen LogP contribution in [-0.2, 0) is 4.74 Å². The molecule has 0 aliphatic carbocycles. The van der Waals surface area contributed by atoms with Crippen LogP contribution in [0.4, 0.5) is 9.52 Å². The molecule has 2 bridgehead atoms. The van der Waals surface area contributed by atoms with Gasteiger partial charge in [0.15, 0.2) is 11.5 Å². The summed E-state index contributed by atoms with van der Waals surface area (Å²) in [6.07, 6.45) is 1.85. The highest BCUT2D eigenvalue weighted by atomic mass is 32.1. The molecule has 0 amide bonds. The molecule has 6 heterocycles. The van der Waals surface area contributed by atoms with Crippen LogP contribution in [0.15, 0.2) is 12.1 Å². The number of thiazole rings is 1. The maximum absolute atomic E-state index is 13.3. The number of hydrogen-bond donors (Lipinski definition) is 1. The fourth-order valence-corrected chi connectivity index (χ4v) is 5.19. The first-order valence-electron chi connectivity index (χ1n) is 7.98. The number of nitrogens with zero attached hydrogens (tertiary/aromatic N) is 4. The predicted molar refractivity (Wildman–Crippen MR) is 85.7 cm³/mol. The zero-order chi connectivity index (χ0) is 15.6. The third kappa shape index (κ3) is 2.09. The van der Waals surface area contributed by atoms with E-state index < -0.39 is 12.3 Å². The van der Waals surface area contributed by atoms with Crippen LogP contribution in [0.1, 0.15) is 12.8 Å². The summed E-state index contributed by atoms with van der Waals surface area (Å²) in [5.41, 5.74) is 6.77. The predicted octanol–water partition coefficient (Wildman–Crippen LogP) is 1.37. The summed E-state index contributed by atoms with van der Waals surface area (Å²) in [6, 6.07) is 2.99. The number of pyridine rings is 1. The Balaban J connectivity index is 1.48. The summed E-state index contributed by atoms with van der Waals surface area (Å²) in [5.74, 6) is 0.0806. The Kier molecular flexibility index (Phi) is 2.94. The zero-order valence-corrected chi connectivity index (χ0v) is 13.4. The van der Waals surface area contributed by atoms with Gasteiger partial charge in [-0.25, -0.2) is 9.97 Å². The number of rotatable bonds is 1. The third-order valence-corrected chi connectivity index (χ3v) is 6.38. The maximum atomic E-state index is 13.3. The van der Waals surface area contributed by atoms with E-state index in [4.69, 9.17) is 10.5 Å². The molecule has 122 valence electrons. The Morgan fingerprint density at radius 3 is 2.83 bits per heavy atom. The van der Waals surface area contributed by atoms with Gasteiger partial charge in [-0.2, -0.15) is 4.39 Å². The monoisotopic (exact) mass is 335 g/mol. The number of hydrogen-bond acceptors (Lipinski definition) is 7.